The lowest BCUT2D eigenvalue weighted by Crippen LogP contribution is -1.94. The Hall–Kier alpha value is -0.780. The predicted molar refractivity (Wildman–Crippen MR) is 66.9 cm³/mol. The van der Waals surface area contributed by atoms with Crippen LogP contribution >= 0.6 is 11.8 Å². The van der Waals surface area contributed by atoms with Crippen molar-refractivity contribution in [1.29, 1.82) is 0 Å². The lowest BCUT2D eigenvalue weighted by molar-refractivity contribution is 0.296. The maximum absolute atomic E-state index is 11.7. The number of benzene rings is 1. The molecule has 0 saturated carbocycles. The molecule has 0 aliphatic carbocycles. The van der Waals surface area contributed by atoms with Gasteiger partial charge in [0.2, 0.25) is 0 Å². The molecule has 1 rings (SSSR count). The molecule has 0 radical (unpaired) electrons. The quantitative estimate of drug-likeness (QED) is 0.793. The van der Waals surface area contributed by atoms with Gasteiger partial charge in [-0.25, -0.2) is 8.42 Å². The van der Waals surface area contributed by atoms with Crippen molar-refractivity contribution in [3.63, 3.8) is 0 Å². The molecule has 0 bridgehead atoms. The van der Waals surface area contributed by atoms with E-state index in [0.717, 1.165) is 5.75 Å². The number of aliphatic hydroxyl groups is 1. The summed E-state index contributed by atoms with van der Waals surface area (Å²) in [7, 11) is -3.31. The molecule has 0 fully saturated rings. The smallest absolute Gasteiger partial charge is 0.200 e. The Kier molecular flexibility index (Phi) is 5.59. The Labute approximate surface area is 100 Å². The Bertz CT molecular complexity index is 424. The van der Waals surface area contributed by atoms with Crippen LogP contribution in [0.15, 0.2) is 46.0 Å². The average molecular weight is 258 g/mol. The van der Waals surface area contributed by atoms with Gasteiger partial charge in [-0.05, 0) is 29.7 Å². The maximum atomic E-state index is 11.7. The number of thioether (sulfide) groups is 1. The van der Waals surface area contributed by atoms with E-state index in [-0.39, 0.29) is 6.61 Å². The summed E-state index contributed by atoms with van der Waals surface area (Å²) in [6.45, 7) is 0.131. The summed E-state index contributed by atoms with van der Waals surface area (Å²) in [4.78, 5) is 0.300. The van der Waals surface area contributed by atoms with E-state index in [2.05, 4.69) is 0 Å². The Morgan fingerprint density at radius 1 is 1.25 bits per heavy atom. The van der Waals surface area contributed by atoms with E-state index < -0.39 is 9.84 Å². The molecule has 0 spiro atoms. The zero-order valence-corrected chi connectivity index (χ0v) is 10.4. The number of aliphatic hydroxyl groups excluding tert-OH is 1. The minimum Gasteiger partial charge on any atom is -0.396 e. The standard InChI is InChI=1S/C11H14O3S2/c12-7-4-8-15-9-10-16(13,14)11-5-2-1-3-6-11/h1-3,5-6,9-10,12H,4,7-8H2/b10-9-. The molecule has 0 amide bonds. The fourth-order valence-electron chi connectivity index (χ4n) is 1.02. The Balaban J connectivity index is 2.59. The van der Waals surface area contributed by atoms with Crippen molar-refractivity contribution in [3.8, 4) is 0 Å². The molecule has 0 aromatic heterocycles. The van der Waals surface area contributed by atoms with E-state index in [4.69, 9.17) is 5.11 Å². The Morgan fingerprint density at radius 3 is 2.56 bits per heavy atom. The highest BCUT2D eigenvalue weighted by molar-refractivity contribution is 8.03. The molecule has 0 heterocycles. The van der Waals surface area contributed by atoms with Gasteiger partial charge >= 0.3 is 0 Å². The Morgan fingerprint density at radius 2 is 1.94 bits per heavy atom. The second-order valence-corrected chi connectivity index (χ2v) is 5.93. The van der Waals surface area contributed by atoms with Gasteiger partial charge in [0.25, 0.3) is 0 Å². The summed E-state index contributed by atoms with van der Waals surface area (Å²) in [5.74, 6) is 0.720. The highest BCUT2D eigenvalue weighted by atomic mass is 32.2. The highest BCUT2D eigenvalue weighted by Gasteiger charge is 2.08. The minimum atomic E-state index is -3.31. The first-order valence-corrected chi connectivity index (χ1v) is 7.45. The molecule has 0 saturated heterocycles. The van der Waals surface area contributed by atoms with Gasteiger partial charge in [-0.1, -0.05) is 18.2 Å². The van der Waals surface area contributed by atoms with E-state index in [1.54, 1.807) is 35.7 Å². The van der Waals surface area contributed by atoms with Crippen LogP contribution in [0.3, 0.4) is 0 Å². The normalized spacial score (nSPS) is 12.1. The van der Waals surface area contributed by atoms with Crippen LogP contribution in [0.4, 0.5) is 0 Å². The summed E-state index contributed by atoms with van der Waals surface area (Å²) in [6.07, 6.45) is 0.667. The van der Waals surface area contributed by atoms with Crippen LogP contribution in [-0.4, -0.2) is 25.9 Å². The van der Waals surface area contributed by atoms with Crippen LogP contribution in [0.5, 0.6) is 0 Å². The van der Waals surface area contributed by atoms with Crippen molar-refractivity contribution in [2.45, 2.75) is 11.3 Å². The summed E-state index contributed by atoms with van der Waals surface area (Å²) in [6, 6.07) is 8.30. The molecule has 0 aliphatic rings. The lowest BCUT2D eigenvalue weighted by Gasteiger charge is -1.97. The van der Waals surface area contributed by atoms with Crippen molar-refractivity contribution in [3.05, 3.63) is 41.1 Å². The first kappa shape index (κ1) is 13.3. The first-order chi connectivity index (χ1) is 7.67. The topological polar surface area (TPSA) is 54.4 Å². The van der Waals surface area contributed by atoms with Gasteiger partial charge in [0, 0.05) is 12.0 Å². The fourth-order valence-corrected chi connectivity index (χ4v) is 3.04. The molecule has 0 aliphatic heterocycles. The SMILES string of the molecule is O=S(=O)(/C=C\SCCCO)c1ccccc1. The summed E-state index contributed by atoms with van der Waals surface area (Å²) < 4.78 is 23.4. The largest absolute Gasteiger partial charge is 0.396 e. The van der Waals surface area contributed by atoms with Crippen LogP contribution in [-0.2, 0) is 9.84 Å². The summed E-state index contributed by atoms with van der Waals surface area (Å²) in [5.41, 5.74) is 0. The molecule has 5 heteroatoms. The molecule has 88 valence electrons. The molecule has 0 unspecified atom stereocenters. The van der Waals surface area contributed by atoms with Crippen LogP contribution in [0, 0.1) is 0 Å². The van der Waals surface area contributed by atoms with Crippen LogP contribution in [0.25, 0.3) is 0 Å². The second-order valence-electron chi connectivity index (χ2n) is 3.08. The maximum Gasteiger partial charge on any atom is 0.200 e. The van der Waals surface area contributed by atoms with E-state index in [9.17, 15) is 8.42 Å². The number of hydrogen-bond acceptors (Lipinski definition) is 4. The molecule has 0 atom stereocenters. The molecule has 1 aromatic carbocycles. The molecule has 16 heavy (non-hydrogen) atoms. The fraction of sp³-hybridized carbons (Fsp3) is 0.273. The van der Waals surface area contributed by atoms with Crippen LogP contribution in [0.2, 0.25) is 0 Å². The van der Waals surface area contributed by atoms with Gasteiger partial charge in [-0.2, -0.15) is 0 Å². The third kappa shape index (κ3) is 4.38. The molecular weight excluding hydrogens is 244 g/mol. The highest BCUT2D eigenvalue weighted by Crippen LogP contribution is 2.13. The van der Waals surface area contributed by atoms with Crippen LogP contribution < -0.4 is 0 Å². The lowest BCUT2D eigenvalue weighted by atomic mass is 10.4. The van der Waals surface area contributed by atoms with E-state index >= 15 is 0 Å². The van der Waals surface area contributed by atoms with Gasteiger partial charge < -0.3 is 5.11 Å². The molecular formula is C11H14O3S2. The molecule has 1 aromatic rings. The second kappa shape index (κ2) is 6.73. The van der Waals surface area contributed by atoms with Gasteiger partial charge in [-0.15, -0.1) is 11.8 Å². The number of sulfone groups is 1. The van der Waals surface area contributed by atoms with Gasteiger partial charge in [0.05, 0.1) is 4.90 Å². The third-order valence-electron chi connectivity index (χ3n) is 1.82. The van der Waals surface area contributed by atoms with Gasteiger partial charge in [-0.3, -0.25) is 0 Å². The van der Waals surface area contributed by atoms with Crippen molar-refractivity contribution >= 4 is 21.6 Å². The minimum absolute atomic E-state index is 0.131. The third-order valence-corrected chi connectivity index (χ3v) is 4.27. The zero-order chi connectivity index (χ0) is 11.9. The van der Waals surface area contributed by atoms with E-state index in [1.807, 2.05) is 0 Å². The summed E-state index contributed by atoms with van der Waals surface area (Å²) >= 11 is 1.38. The predicted octanol–water partition coefficient (Wildman–Crippen LogP) is 2.05. The molecule has 1 N–H and O–H groups in total. The first-order valence-electron chi connectivity index (χ1n) is 4.86. The molecule has 3 nitrogen and oxygen atoms in total. The summed E-state index contributed by atoms with van der Waals surface area (Å²) in [5, 5.41) is 11.3. The van der Waals surface area contributed by atoms with Crippen molar-refractivity contribution in [2.75, 3.05) is 12.4 Å². The average Bonchev–Trinajstić information content (AvgIpc) is 2.30. The van der Waals surface area contributed by atoms with Gasteiger partial charge in [0.15, 0.2) is 9.84 Å². The number of hydrogen-bond donors (Lipinski definition) is 1. The van der Waals surface area contributed by atoms with Crippen molar-refractivity contribution < 1.29 is 13.5 Å². The van der Waals surface area contributed by atoms with E-state index in [0.29, 0.717) is 11.3 Å². The van der Waals surface area contributed by atoms with E-state index in [1.165, 1.54) is 17.2 Å². The van der Waals surface area contributed by atoms with Gasteiger partial charge in [0.1, 0.15) is 0 Å². The van der Waals surface area contributed by atoms with Crippen molar-refractivity contribution in [2.24, 2.45) is 0 Å². The van der Waals surface area contributed by atoms with Crippen molar-refractivity contribution in [1.82, 2.24) is 0 Å². The van der Waals surface area contributed by atoms with Crippen LogP contribution in [0.1, 0.15) is 6.42 Å². The number of rotatable bonds is 6. The monoisotopic (exact) mass is 258 g/mol. The zero-order valence-electron chi connectivity index (χ0n) is 8.74.